The van der Waals surface area contributed by atoms with E-state index in [1.807, 2.05) is 14.1 Å². The molecule has 0 amide bonds. The van der Waals surface area contributed by atoms with Crippen LogP contribution in [0.15, 0.2) is 146 Å². The second kappa shape index (κ2) is 10.7. The van der Waals surface area contributed by atoms with Gasteiger partial charge in [0.05, 0.1) is 22.8 Å². The average Bonchev–Trinajstić information content (AvgIpc) is 3.96. The molecular weight excluding hydrogens is 536 g/mol. The number of hydrogen-bond acceptors (Lipinski definition) is 2. The molecule has 0 unspecified atom stereocenters. The van der Waals surface area contributed by atoms with Crippen LogP contribution < -0.4 is 9.13 Å². The molecule has 0 N–H and O–H groups in total. The van der Waals surface area contributed by atoms with E-state index < -0.39 is 0 Å². The van der Waals surface area contributed by atoms with E-state index in [9.17, 15) is 0 Å². The number of benzene rings is 3. The van der Waals surface area contributed by atoms with Crippen molar-refractivity contribution in [1.29, 1.82) is 0 Å². The van der Waals surface area contributed by atoms with E-state index >= 15 is 0 Å². The summed E-state index contributed by atoms with van der Waals surface area (Å²) in [5, 5.41) is 0. The first-order chi connectivity index (χ1) is 21.3. The molecule has 0 saturated heterocycles. The smallest absolute Gasteiger partial charge is 0.169 e. The molecule has 214 valence electrons. The topological polar surface area (TPSA) is 13.8 Å². The normalized spacial score (nSPS) is 13.8. The van der Waals surface area contributed by atoms with E-state index in [0.717, 1.165) is 11.4 Å². The highest BCUT2D eigenvalue weighted by Crippen LogP contribution is 2.50. The predicted molar refractivity (Wildman–Crippen MR) is 179 cm³/mol. The van der Waals surface area contributed by atoms with Gasteiger partial charge in [0.15, 0.2) is 24.8 Å². The van der Waals surface area contributed by atoms with Gasteiger partial charge in [-0.2, -0.15) is 0 Å². The van der Waals surface area contributed by atoms with Crippen LogP contribution in [0.1, 0.15) is 36.1 Å². The molecule has 3 aromatic carbocycles. The minimum absolute atomic E-state index is 1.03. The first kappa shape index (κ1) is 27.4. The summed E-state index contributed by atoms with van der Waals surface area (Å²) in [5.74, 6) is 0. The van der Waals surface area contributed by atoms with E-state index in [0.29, 0.717) is 0 Å². The van der Waals surface area contributed by atoms with Crippen LogP contribution in [0.4, 0.5) is 0 Å². The maximum Gasteiger partial charge on any atom is 0.169 e. The van der Waals surface area contributed by atoms with Crippen molar-refractivity contribution in [2.45, 2.75) is 13.8 Å². The number of nitrogens with zero attached hydrogens (tertiary/aromatic N) is 4. The van der Waals surface area contributed by atoms with Gasteiger partial charge in [-0.25, -0.2) is 9.13 Å². The summed E-state index contributed by atoms with van der Waals surface area (Å²) in [6, 6.07) is 35.2. The van der Waals surface area contributed by atoms with E-state index in [2.05, 4.69) is 168 Å². The van der Waals surface area contributed by atoms with E-state index in [1.54, 1.807) is 0 Å². The van der Waals surface area contributed by atoms with Gasteiger partial charge in [-0.3, -0.25) is 0 Å². The number of aryl methyl sites for hydroxylation is 2. The summed E-state index contributed by atoms with van der Waals surface area (Å²) in [6.07, 6.45) is 8.33. The van der Waals surface area contributed by atoms with Gasteiger partial charge in [0.1, 0.15) is 14.1 Å². The molecule has 0 bridgehead atoms. The van der Waals surface area contributed by atoms with Gasteiger partial charge in [-0.05, 0) is 36.1 Å². The van der Waals surface area contributed by atoms with Crippen molar-refractivity contribution in [3.8, 4) is 22.3 Å². The lowest BCUT2D eigenvalue weighted by atomic mass is 9.98. The highest BCUT2D eigenvalue weighted by Gasteiger charge is 2.37. The Morgan fingerprint density at radius 1 is 0.386 bits per heavy atom. The molecule has 0 atom stereocenters. The van der Waals surface area contributed by atoms with Crippen LogP contribution in [0.25, 0.3) is 45.0 Å². The van der Waals surface area contributed by atoms with Crippen molar-refractivity contribution in [2.75, 3.05) is 0 Å². The van der Waals surface area contributed by atoms with Gasteiger partial charge >= 0.3 is 0 Å². The molecule has 4 heteroatoms. The lowest BCUT2D eigenvalue weighted by molar-refractivity contribution is -0.671. The standard InChI is InChI=1S/C40H36N4/c1-27(2)43-37(39(43)35-19-23-41(5)24-20-35)33-15-11-31(12-16-33)29-7-9-30(10-8-29)32-13-17-34(18-14-32)38-40(44(38)28(3)4)36-21-25-42(6)26-22-36/h7-26H,1,3H2,2,4-6H3/q+2. The van der Waals surface area contributed by atoms with Crippen LogP contribution in [0.3, 0.4) is 0 Å². The molecule has 44 heavy (non-hydrogen) atoms. The fourth-order valence-corrected chi connectivity index (χ4v) is 5.97. The van der Waals surface area contributed by atoms with Crippen molar-refractivity contribution in [3.05, 3.63) is 169 Å². The monoisotopic (exact) mass is 572 g/mol. The van der Waals surface area contributed by atoms with Crippen molar-refractivity contribution in [3.63, 3.8) is 0 Å². The molecule has 2 aliphatic rings. The van der Waals surface area contributed by atoms with Gasteiger partial charge < -0.3 is 9.80 Å². The SMILES string of the molecule is C=C(C)N1C(c2ccc(-c3ccc(-c4ccc(C5=C(c6cc[n+](C)cc6)N5C(=C)C)cc4)cc3)cc2)=C1c1cc[n+](C)cc1. The third-order valence-corrected chi connectivity index (χ3v) is 8.38. The second-order valence-corrected chi connectivity index (χ2v) is 11.8. The summed E-state index contributed by atoms with van der Waals surface area (Å²) < 4.78 is 4.11. The molecule has 5 aromatic rings. The van der Waals surface area contributed by atoms with Crippen LogP contribution in [0.5, 0.6) is 0 Å². The lowest BCUT2D eigenvalue weighted by Gasteiger charge is -2.09. The van der Waals surface area contributed by atoms with Crippen LogP contribution in [0, 0.1) is 0 Å². The molecule has 2 aromatic heterocycles. The van der Waals surface area contributed by atoms with Gasteiger partial charge in [-0.15, -0.1) is 0 Å². The Bertz CT molecular complexity index is 1830. The summed E-state index contributed by atoms with van der Waals surface area (Å²) >= 11 is 0. The zero-order valence-electron chi connectivity index (χ0n) is 25.8. The van der Waals surface area contributed by atoms with E-state index in [-0.39, 0.29) is 0 Å². The highest BCUT2D eigenvalue weighted by molar-refractivity contribution is 6.07. The Morgan fingerprint density at radius 3 is 0.818 bits per heavy atom. The zero-order valence-corrected chi connectivity index (χ0v) is 25.8. The predicted octanol–water partition coefficient (Wildman–Crippen LogP) is 8.02. The molecule has 2 aliphatic heterocycles. The molecule has 7 rings (SSSR count). The lowest BCUT2D eigenvalue weighted by Crippen LogP contribution is -2.25. The Labute approximate surface area is 260 Å². The fraction of sp³-hybridized carbons (Fsp3) is 0.100. The Balaban J connectivity index is 1.09. The molecule has 0 aliphatic carbocycles. The maximum absolute atomic E-state index is 4.20. The van der Waals surface area contributed by atoms with Crippen molar-refractivity contribution in [2.24, 2.45) is 14.1 Å². The van der Waals surface area contributed by atoms with Crippen molar-refractivity contribution >= 4 is 22.8 Å². The zero-order chi connectivity index (χ0) is 30.5. The summed E-state index contributed by atoms with van der Waals surface area (Å²) in [4.78, 5) is 4.48. The minimum Gasteiger partial charge on any atom is -0.310 e. The second-order valence-electron chi connectivity index (χ2n) is 11.8. The van der Waals surface area contributed by atoms with Gasteiger partial charge in [-0.1, -0.05) is 86.0 Å². The molecule has 4 heterocycles. The van der Waals surface area contributed by atoms with E-state index in [4.69, 9.17) is 0 Å². The summed E-state index contributed by atoms with van der Waals surface area (Å²) in [6.45, 7) is 12.5. The molecule has 4 nitrogen and oxygen atoms in total. The van der Waals surface area contributed by atoms with Gasteiger partial charge in [0.25, 0.3) is 0 Å². The third kappa shape index (κ3) is 4.95. The quantitative estimate of drug-likeness (QED) is 0.175. The maximum atomic E-state index is 4.20. The highest BCUT2D eigenvalue weighted by atomic mass is 15.3. The number of hydrogen-bond donors (Lipinski definition) is 0. The van der Waals surface area contributed by atoms with Crippen LogP contribution in [-0.2, 0) is 14.1 Å². The summed E-state index contributed by atoms with van der Waals surface area (Å²) in [7, 11) is 4.07. The number of rotatable bonds is 8. The van der Waals surface area contributed by atoms with Crippen LogP contribution in [-0.4, -0.2) is 9.80 Å². The van der Waals surface area contributed by atoms with Crippen molar-refractivity contribution in [1.82, 2.24) is 9.80 Å². The first-order valence-corrected chi connectivity index (χ1v) is 14.9. The molecule has 0 spiro atoms. The average molecular weight is 573 g/mol. The Morgan fingerprint density at radius 2 is 0.591 bits per heavy atom. The fourth-order valence-electron chi connectivity index (χ4n) is 5.97. The summed E-state index contributed by atoms with van der Waals surface area (Å²) in [5.41, 5.74) is 16.6. The van der Waals surface area contributed by atoms with Gasteiger partial charge in [0.2, 0.25) is 0 Å². The number of allylic oxidation sites excluding steroid dienone is 2. The van der Waals surface area contributed by atoms with Crippen molar-refractivity contribution < 1.29 is 9.13 Å². The van der Waals surface area contributed by atoms with Gasteiger partial charge in [0, 0.05) is 57.9 Å². The minimum atomic E-state index is 1.03. The first-order valence-electron chi connectivity index (χ1n) is 14.9. The molecule has 0 radical (unpaired) electrons. The number of aromatic nitrogens is 2. The van der Waals surface area contributed by atoms with Crippen LogP contribution >= 0.6 is 0 Å². The Kier molecular flexibility index (Phi) is 6.63. The molecule has 0 saturated carbocycles. The van der Waals surface area contributed by atoms with E-state index in [1.165, 1.54) is 67.3 Å². The third-order valence-electron chi connectivity index (χ3n) is 8.38. The molecular formula is C40H36N4+2. The molecule has 0 fully saturated rings. The Hall–Kier alpha value is -5.48. The van der Waals surface area contributed by atoms with Crippen LogP contribution in [0.2, 0.25) is 0 Å². The largest absolute Gasteiger partial charge is 0.310 e. The number of pyridine rings is 2.